The molecule has 4 heteroatoms. The molecule has 0 fully saturated rings. The first kappa shape index (κ1) is 13.4. The van der Waals surface area contributed by atoms with Crippen LogP contribution in [0.15, 0.2) is 42.6 Å². The van der Waals surface area contributed by atoms with Crippen molar-refractivity contribution in [2.45, 2.75) is 19.9 Å². The van der Waals surface area contributed by atoms with Crippen LogP contribution in [0, 0.1) is 0 Å². The van der Waals surface area contributed by atoms with E-state index in [0.717, 1.165) is 36.0 Å². The lowest BCUT2D eigenvalue weighted by Gasteiger charge is -2.08. The highest BCUT2D eigenvalue weighted by molar-refractivity contribution is 5.35. The lowest BCUT2D eigenvalue weighted by atomic mass is 10.3. The normalized spacial score (nSPS) is 10.2. The van der Waals surface area contributed by atoms with Crippen LogP contribution < -0.4 is 15.2 Å². The van der Waals surface area contributed by atoms with Crippen LogP contribution in [0.1, 0.15) is 19.0 Å². The van der Waals surface area contributed by atoms with Gasteiger partial charge in [-0.2, -0.15) is 0 Å². The van der Waals surface area contributed by atoms with Gasteiger partial charge < -0.3 is 15.2 Å². The topological polar surface area (TPSA) is 57.4 Å². The summed E-state index contributed by atoms with van der Waals surface area (Å²) in [5.41, 5.74) is 6.35. The molecule has 2 N–H and O–H groups in total. The summed E-state index contributed by atoms with van der Waals surface area (Å²) in [4.78, 5) is 4.12. The van der Waals surface area contributed by atoms with Gasteiger partial charge in [0.15, 0.2) is 0 Å². The minimum atomic E-state index is 0.404. The van der Waals surface area contributed by atoms with E-state index in [2.05, 4.69) is 11.9 Å². The van der Waals surface area contributed by atoms with E-state index in [1.807, 2.05) is 30.3 Å². The van der Waals surface area contributed by atoms with Gasteiger partial charge in [-0.05, 0) is 36.8 Å². The molecule has 100 valence electrons. The van der Waals surface area contributed by atoms with E-state index in [1.54, 1.807) is 12.3 Å². The van der Waals surface area contributed by atoms with Crippen molar-refractivity contribution < 1.29 is 9.47 Å². The molecule has 0 saturated carbocycles. The van der Waals surface area contributed by atoms with Gasteiger partial charge in [0, 0.05) is 18.8 Å². The van der Waals surface area contributed by atoms with E-state index < -0.39 is 0 Å². The number of hydrogen-bond donors (Lipinski definition) is 1. The summed E-state index contributed by atoms with van der Waals surface area (Å²) in [7, 11) is 0. The second-order valence-corrected chi connectivity index (χ2v) is 4.11. The average molecular weight is 258 g/mol. The predicted molar refractivity (Wildman–Crippen MR) is 74.4 cm³/mol. The zero-order valence-corrected chi connectivity index (χ0v) is 11.0. The van der Waals surface area contributed by atoms with Crippen molar-refractivity contribution in [1.82, 2.24) is 4.98 Å². The Kier molecular flexibility index (Phi) is 4.75. The van der Waals surface area contributed by atoms with Crippen molar-refractivity contribution in [2.75, 3.05) is 6.61 Å². The fourth-order valence-electron chi connectivity index (χ4n) is 1.59. The molecule has 0 saturated heterocycles. The first-order chi connectivity index (χ1) is 9.31. The molecule has 4 nitrogen and oxygen atoms in total. The van der Waals surface area contributed by atoms with Crippen molar-refractivity contribution in [1.29, 1.82) is 0 Å². The summed E-state index contributed by atoms with van der Waals surface area (Å²) in [5.74, 6) is 2.35. The molecule has 0 spiro atoms. The van der Waals surface area contributed by atoms with Gasteiger partial charge in [-0.25, -0.2) is 0 Å². The fourth-order valence-corrected chi connectivity index (χ4v) is 1.59. The highest BCUT2D eigenvalue weighted by Gasteiger charge is 2.00. The van der Waals surface area contributed by atoms with Gasteiger partial charge in [-0.1, -0.05) is 6.92 Å². The molecule has 19 heavy (non-hydrogen) atoms. The van der Waals surface area contributed by atoms with Gasteiger partial charge in [-0.3, -0.25) is 4.98 Å². The molecule has 0 aliphatic rings. The molecule has 2 rings (SSSR count). The molecule has 0 amide bonds. The van der Waals surface area contributed by atoms with Crippen molar-refractivity contribution >= 4 is 0 Å². The maximum absolute atomic E-state index is 5.73. The Morgan fingerprint density at radius 3 is 2.47 bits per heavy atom. The van der Waals surface area contributed by atoms with Gasteiger partial charge in [0.1, 0.15) is 17.2 Å². The lowest BCUT2D eigenvalue weighted by Crippen LogP contribution is -1.99. The third kappa shape index (κ3) is 3.96. The molecular weight excluding hydrogens is 240 g/mol. The molecule has 0 atom stereocenters. The molecule has 1 aromatic carbocycles. The molecule has 0 aliphatic carbocycles. The molecule has 0 radical (unpaired) electrons. The van der Waals surface area contributed by atoms with Crippen molar-refractivity contribution in [2.24, 2.45) is 5.73 Å². The third-order valence-corrected chi connectivity index (χ3v) is 2.53. The van der Waals surface area contributed by atoms with E-state index in [-0.39, 0.29) is 0 Å². The second kappa shape index (κ2) is 6.75. The van der Waals surface area contributed by atoms with Gasteiger partial charge in [0.25, 0.3) is 0 Å². The predicted octanol–water partition coefficient (Wildman–Crippen LogP) is 3.12. The summed E-state index contributed by atoms with van der Waals surface area (Å²) >= 11 is 0. The Balaban J connectivity index is 2.02. The highest BCUT2D eigenvalue weighted by atomic mass is 16.5. The number of ether oxygens (including phenoxy) is 2. The maximum Gasteiger partial charge on any atom is 0.130 e. The smallest absolute Gasteiger partial charge is 0.130 e. The van der Waals surface area contributed by atoms with E-state index in [4.69, 9.17) is 15.2 Å². The molecule has 0 aliphatic heterocycles. The van der Waals surface area contributed by atoms with E-state index in [0.29, 0.717) is 6.54 Å². The van der Waals surface area contributed by atoms with Gasteiger partial charge in [0.2, 0.25) is 0 Å². The monoisotopic (exact) mass is 258 g/mol. The number of nitrogens with two attached hydrogens (primary N) is 1. The van der Waals surface area contributed by atoms with Crippen molar-refractivity contribution in [3.63, 3.8) is 0 Å². The van der Waals surface area contributed by atoms with E-state index in [9.17, 15) is 0 Å². The fraction of sp³-hybridized carbons (Fsp3) is 0.267. The number of rotatable bonds is 6. The van der Waals surface area contributed by atoms with Crippen LogP contribution in [0.2, 0.25) is 0 Å². The summed E-state index contributed by atoms with van der Waals surface area (Å²) in [5, 5.41) is 0. The molecule has 1 aromatic heterocycles. The van der Waals surface area contributed by atoms with Crippen LogP contribution in [-0.2, 0) is 6.54 Å². The first-order valence-electron chi connectivity index (χ1n) is 6.37. The lowest BCUT2D eigenvalue weighted by molar-refractivity contribution is 0.317. The molecular formula is C15H18N2O2. The van der Waals surface area contributed by atoms with Crippen LogP contribution in [0.4, 0.5) is 0 Å². The van der Waals surface area contributed by atoms with Crippen molar-refractivity contribution in [3.8, 4) is 17.2 Å². The van der Waals surface area contributed by atoms with E-state index in [1.165, 1.54) is 0 Å². The molecule has 2 aromatic rings. The summed E-state index contributed by atoms with van der Waals surface area (Å²) in [6.45, 7) is 3.21. The number of pyridine rings is 1. The third-order valence-electron chi connectivity index (χ3n) is 2.53. The summed E-state index contributed by atoms with van der Waals surface area (Å²) in [6, 6.07) is 11.2. The number of hydrogen-bond acceptors (Lipinski definition) is 4. The molecule has 1 heterocycles. The molecule has 0 unspecified atom stereocenters. The number of aromatic nitrogens is 1. The number of nitrogens with zero attached hydrogens (tertiary/aromatic N) is 1. The Bertz CT molecular complexity index is 512. The standard InChI is InChI=1S/C15H18N2O2/c1-2-9-18-13-3-5-14(6-4-13)19-15-7-8-17-12(10-15)11-16/h3-8,10H,2,9,11,16H2,1H3. The minimum absolute atomic E-state index is 0.404. The number of benzene rings is 1. The molecule has 0 bridgehead atoms. The maximum atomic E-state index is 5.73. The van der Waals surface area contributed by atoms with Gasteiger partial charge in [-0.15, -0.1) is 0 Å². The van der Waals surface area contributed by atoms with E-state index >= 15 is 0 Å². The minimum Gasteiger partial charge on any atom is -0.494 e. The highest BCUT2D eigenvalue weighted by Crippen LogP contribution is 2.23. The van der Waals surface area contributed by atoms with Crippen LogP contribution in [-0.4, -0.2) is 11.6 Å². The zero-order chi connectivity index (χ0) is 13.5. The summed E-state index contributed by atoms with van der Waals surface area (Å²) < 4.78 is 11.2. The second-order valence-electron chi connectivity index (χ2n) is 4.11. The van der Waals surface area contributed by atoms with Gasteiger partial charge >= 0.3 is 0 Å². The van der Waals surface area contributed by atoms with Gasteiger partial charge in [0.05, 0.1) is 12.3 Å². The largest absolute Gasteiger partial charge is 0.494 e. The van der Waals surface area contributed by atoms with Crippen LogP contribution in [0.5, 0.6) is 17.2 Å². The summed E-state index contributed by atoms with van der Waals surface area (Å²) in [6.07, 6.45) is 2.69. The zero-order valence-electron chi connectivity index (χ0n) is 11.0. The Labute approximate surface area is 113 Å². The Morgan fingerprint density at radius 1 is 1.05 bits per heavy atom. The Hall–Kier alpha value is -2.07. The van der Waals surface area contributed by atoms with Crippen LogP contribution >= 0.6 is 0 Å². The Morgan fingerprint density at radius 2 is 1.79 bits per heavy atom. The van der Waals surface area contributed by atoms with Crippen LogP contribution in [0.25, 0.3) is 0 Å². The SMILES string of the molecule is CCCOc1ccc(Oc2ccnc(CN)c2)cc1. The first-order valence-corrected chi connectivity index (χ1v) is 6.37. The average Bonchev–Trinajstić information content (AvgIpc) is 2.47. The van der Waals surface area contributed by atoms with Crippen molar-refractivity contribution in [3.05, 3.63) is 48.3 Å². The quantitative estimate of drug-likeness (QED) is 0.864. The van der Waals surface area contributed by atoms with Crippen LogP contribution in [0.3, 0.4) is 0 Å².